The second-order valence-electron chi connectivity index (χ2n) is 2.58. The molecule has 1 heterocycles. The maximum absolute atomic E-state index is 9.44. The quantitative estimate of drug-likeness (QED) is 0.489. The monoisotopic (exact) mass is 201 g/mol. The number of aromatic nitrogens is 2. The number of rotatable bonds is 3. The summed E-state index contributed by atoms with van der Waals surface area (Å²) in [6.45, 7) is 0. The Morgan fingerprint density at radius 2 is 2.08 bits per heavy atom. The molecule has 0 saturated heterocycles. The summed E-state index contributed by atoms with van der Waals surface area (Å²) >= 11 is 3.84. The average molecular weight is 201 g/mol. The summed E-state index contributed by atoms with van der Waals surface area (Å²) in [5.41, 5.74) is 5.59. The van der Waals surface area contributed by atoms with Crippen molar-refractivity contribution >= 4 is 18.4 Å². The minimum Gasteiger partial charge on any atom is -0.389 e. The molecule has 0 spiro atoms. The molecule has 0 fully saturated rings. The lowest BCUT2D eigenvalue weighted by Gasteiger charge is -2.14. The first kappa shape index (κ1) is 10.2. The highest BCUT2D eigenvalue weighted by Gasteiger charge is 2.18. The van der Waals surface area contributed by atoms with Crippen LogP contribution in [0.25, 0.3) is 0 Å². The summed E-state index contributed by atoms with van der Waals surface area (Å²) < 4.78 is 0. The van der Waals surface area contributed by atoms with Gasteiger partial charge < -0.3 is 15.9 Å². The molecule has 0 aliphatic carbocycles. The Bertz CT molecular complexity index is 267. The second kappa shape index (κ2) is 4.40. The molecule has 72 valence electrons. The highest BCUT2D eigenvalue weighted by atomic mass is 32.1. The third-order valence-electron chi connectivity index (χ3n) is 1.56. The van der Waals surface area contributed by atoms with Crippen LogP contribution in [0, 0.1) is 0 Å². The summed E-state index contributed by atoms with van der Waals surface area (Å²) in [6.07, 6.45) is -2.01. The predicted molar refractivity (Wildman–Crippen MR) is 51.3 cm³/mol. The maximum atomic E-state index is 9.44. The van der Waals surface area contributed by atoms with Crippen LogP contribution in [-0.2, 0) is 0 Å². The van der Waals surface area contributed by atoms with E-state index >= 15 is 0 Å². The zero-order valence-electron chi connectivity index (χ0n) is 6.83. The van der Waals surface area contributed by atoms with Crippen LogP contribution in [0.5, 0.6) is 0 Å². The van der Waals surface area contributed by atoms with Gasteiger partial charge in [0.05, 0.1) is 11.8 Å². The van der Waals surface area contributed by atoms with E-state index in [1.807, 2.05) is 0 Å². The summed E-state index contributed by atoms with van der Waals surface area (Å²) in [5.74, 6) is 0.434. The zero-order chi connectivity index (χ0) is 9.84. The molecule has 13 heavy (non-hydrogen) atoms. The van der Waals surface area contributed by atoms with E-state index in [2.05, 4.69) is 22.8 Å². The van der Waals surface area contributed by atoms with Crippen LogP contribution in [-0.4, -0.2) is 32.3 Å². The maximum Gasteiger partial charge on any atom is 0.146 e. The molecule has 1 aromatic rings. The smallest absolute Gasteiger partial charge is 0.146 e. The molecule has 4 N–H and O–H groups in total. The molecule has 5 nitrogen and oxygen atoms in total. The number of aliphatic hydroxyl groups is 2. The van der Waals surface area contributed by atoms with Crippen molar-refractivity contribution in [2.45, 2.75) is 12.2 Å². The van der Waals surface area contributed by atoms with Gasteiger partial charge in [-0.1, -0.05) is 0 Å². The van der Waals surface area contributed by atoms with Crippen molar-refractivity contribution in [3.8, 4) is 0 Å². The fraction of sp³-hybridized carbons (Fsp3) is 0.429. The van der Waals surface area contributed by atoms with Gasteiger partial charge in [0, 0.05) is 5.75 Å². The molecular weight excluding hydrogens is 190 g/mol. The van der Waals surface area contributed by atoms with E-state index in [0.717, 1.165) is 0 Å². The van der Waals surface area contributed by atoms with Crippen molar-refractivity contribution in [1.29, 1.82) is 0 Å². The highest BCUT2D eigenvalue weighted by Crippen LogP contribution is 2.14. The van der Waals surface area contributed by atoms with E-state index in [0.29, 0.717) is 0 Å². The van der Waals surface area contributed by atoms with E-state index in [4.69, 9.17) is 5.73 Å². The van der Waals surface area contributed by atoms with Crippen molar-refractivity contribution in [3.05, 3.63) is 17.8 Å². The van der Waals surface area contributed by atoms with Gasteiger partial charge in [-0.3, -0.25) is 0 Å². The van der Waals surface area contributed by atoms with Crippen LogP contribution >= 0.6 is 12.6 Å². The molecule has 2 unspecified atom stereocenters. The normalized spacial score (nSPS) is 15.3. The molecular formula is C7H11N3O2S. The Morgan fingerprint density at radius 1 is 1.38 bits per heavy atom. The van der Waals surface area contributed by atoms with Gasteiger partial charge in [-0.05, 0) is 12.1 Å². The molecule has 0 amide bonds. The van der Waals surface area contributed by atoms with E-state index in [1.54, 1.807) is 0 Å². The first-order valence-electron chi connectivity index (χ1n) is 3.71. The van der Waals surface area contributed by atoms with Crippen LogP contribution in [0.3, 0.4) is 0 Å². The van der Waals surface area contributed by atoms with Crippen molar-refractivity contribution < 1.29 is 10.2 Å². The summed E-state index contributed by atoms with van der Waals surface area (Å²) in [7, 11) is 0. The molecule has 0 radical (unpaired) electrons. The molecule has 2 atom stereocenters. The molecule has 0 aliphatic heterocycles. The Labute approximate surface area is 81.0 Å². The third-order valence-corrected chi connectivity index (χ3v) is 1.93. The van der Waals surface area contributed by atoms with Gasteiger partial charge in [-0.2, -0.15) is 17.7 Å². The summed E-state index contributed by atoms with van der Waals surface area (Å²) in [4.78, 5) is 0. The number of nitrogens with zero attached hydrogens (tertiary/aromatic N) is 2. The second-order valence-corrected chi connectivity index (χ2v) is 2.94. The largest absolute Gasteiger partial charge is 0.389 e. The van der Waals surface area contributed by atoms with Gasteiger partial charge in [-0.25, -0.2) is 0 Å². The van der Waals surface area contributed by atoms with Gasteiger partial charge in [0.25, 0.3) is 0 Å². The minimum atomic E-state index is -1.06. The van der Waals surface area contributed by atoms with Crippen molar-refractivity contribution in [2.24, 2.45) is 0 Å². The topological polar surface area (TPSA) is 92.3 Å². The number of aliphatic hydroxyl groups excluding tert-OH is 2. The van der Waals surface area contributed by atoms with Crippen LogP contribution < -0.4 is 5.73 Å². The van der Waals surface area contributed by atoms with E-state index in [-0.39, 0.29) is 17.3 Å². The molecule has 1 rings (SSSR count). The number of thiol groups is 1. The molecule has 0 aromatic carbocycles. The lowest BCUT2D eigenvalue weighted by molar-refractivity contribution is 0.0305. The van der Waals surface area contributed by atoms with Crippen molar-refractivity contribution in [3.63, 3.8) is 0 Å². The Kier molecular flexibility index (Phi) is 3.47. The first-order valence-corrected chi connectivity index (χ1v) is 4.34. The van der Waals surface area contributed by atoms with E-state index < -0.39 is 12.2 Å². The van der Waals surface area contributed by atoms with E-state index in [1.165, 1.54) is 12.1 Å². The standard InChI is InChI=1S/C7H11N3O2S/c8-6-2-1-4(9-10-6)7(12)5(11)3-13/h1-2,5,7,11-13H,3H2,(H2,8,10). The van der Waals surface area contributed by atoms with Crippen molar-refractivity contribution in [1.82, 2.24) is 10.2 Å². The Hall–Kier alpha value is -0.850. The fourth-order valence-electron chi connectivity index (χ4n) is 0.808. The van der Waals surface area contributed by atoms with Crippen molar-refractivity contribution in [2.75, 3.05) is 11.5 Å². The average Bonchev–Trinajstić information content (AvgIpc) is 2.17. The Morgan fingerprint density at radius 3 is 2.54 bits per heavy atom. The van der Waals surface area contributed by atoms with Crippen LogP contribution in [0.1, 0.15) is 11.8 Å². The number of hydrogen-bond donors (Lipinski definition) is 4. The minimum absolute atomic E-state index is 0.160. The first-order chi connectivity index (χ1) is 6.15. The third kappa shape index (κ3) is 2.55. The zero-order valence-corrected chi connectivity index (χ0v) is 7.72. The van der Waals surface area contributed by atoms with Crippen LogP contribution in [0.2, 0.25) is 0 Å². The number of nitrogen functional groups attached to an aromatic ring is 1. The van der Waals surface area contributed by atoms with Gasteiger partial charge in [0.1, 0.15) is 11.9 Å². The van der Waals surface area contributed by atoms with Gasteiger partial charge >= 0.3 is 0 Å². The Balaban J connectivity index is 2.77. The molecule has 0 aliphatic rings. The van der Waals surface area contributed by atoms with E-state index in [9.17, 15) is 10.2 Å². The number of nitrogens with two attached hydrogens (primary N) is 1. The number of anilines is 1. The lowest BCUT2D eigenvalue weighted by atomic mass is 10.1. The summed E-state index contributed by atoms with van der Waals surface area (Å²) in [5, 5.41) is 25.8. The molecule has 0 saturated carbocycles. The molecule has 1 aromatic heterocycles. The molecule has 6 heteroatoms. The number of hydrogen-bond acceptors (Lipinski definition) is 6. The van der Waals surface area contributed by atoms with Crippen LogP contribution in [0.4, 0.5) is 5.82 Å². The van der Waals surface area contributed by atoms with Gasteiger partial charge in [0.15, 0.2) is 0 Å². The SMILES string of the molecule is Nc1ccc(C(O)C(O)CS)nn1. The molecule has 0 bridgehead atoms. The lowest BCUT2D eigenvalue weighted by Crippen LogP contribution is -2.21. The van der Waals surface area contributed by atoms with Crippen LogP contribution in [0.15, 0.2) is 12.1 Å². The van der Waals surface area contributed by atoms with Gasteiger partial charge in [0.2, 0.25) is 0 Å². The highest BCUT2D eigenvalue weighted by molar-refractivity contribution is 7.80. The predicted octanol–water partition coefficient (Wildman–Crippen LogP) is -0.617. The summed E-state index contributed by atoms with van der Waals surface area (Å²) in [6, 6.07) is 3.02. The van der Waals surface area contributed by atoms with Gasteiger partial charge in [-0.15, -0.1) is 5.10 Å². The fourth-order valence-corrected chi connectivity index (χ4v) is 1.01.